The van der Waals surface area contributed by atoms with E-state index in [2.05, 4.69) is 41.0 Å². The van der Waals surface area contributed by atoms with Gasteiger partial charge in [0.15, 0.2) is 0 Å². The van der Waals surface area contributed by atoms with Crippen LogP contribution in [0.25, 0.3) is 0 Å². The third kappa shape index (κ3) is 3.18. The molecule has 2 aliphatic rings. The van der Waals surface area contributed by atoms with Crippen LogP contribution in [0.15, 0.2) is 24.3 Å². The average molecular weight is 258 g/mol. The van der Waals surface area contributed by atoms with E-state index >= 15 is 0 Å². The number of fused-ring (bicyclic) bond motifs is 1. The second kappa shape index (κ2) is 6.06. The largest absolute Gasteiger partial charge is 0.298 e. The van der Waals surface area contributed by atoms with Crippen LogP contribution in [0.1, 0.15) is 37.3 Å². The van der Waals surface area contributed by atoms with E-state index in [1.807, 2.05) is 0 Å². The van der Waals surface area contributed by atoms with Crippen LogP contribution in [-0.2, 0) is 13.0 Å². The van der Waals surface area contributed by atoms with Crippen molar-refractivity contribution in [1.82, 2.24) is 9.80 Å². The summed E-state index contributed by atoms with van der Waals surface area (Å²) >= 11 is 0. The fourth-order valence-corrected chi connectivity index (χ4v) is 3.50. The Hall–Kier alpha value is -0.860. The monoisotopic (exact) mass is 258 g/mol. The first-order chi connectivity index (χ1) is 9.35. The molecule has 0 amide bonds. The normalized spacial score (nSPS) is 25.2. The fraction of sp³-hybridized carbons (Fsp3) is 0.647. The minimum Gasteiger partial charge on any atom is -0.298 e. The molecule has 1 unspecified atom stereocenters. The molecule has 2 fully saturated rings. The molecule has 19 heavy (non-hydrogen) atoms. The highest BCUT2D eigenvalue weighted by molar-refractivity contribution is 5.22. The molecule has 0 aliphatic carbocycles. The van der Waals surface area contributed by atoms with E-state index in [9.17, 15) is 0 Å². The molecule has 0 spiro atoms. The maximum absolute atomic E-state index is 2.71. The van der Waals surface area contributed by atoms with E-state index in [1.54, 1.807) is 0 Å². The second-order valence-electron chi connectivity index (χ2n) is 6.09. The predicted octanol–water partition coefficient (Wildman–Crippen LogP) is 2.92. The Morgan fingerprint density at radius 3 is 2.58 bits per heavy atom. The first-order valence-corrected chi connectivity index (χ1v) is 7.89. The summed E-state index contributed by atoms with van der Waals surface area (Å²) in [6.07, 6.45) is 5.39. The summed E-state index contributed by atoms with van der Waals surface area (Å²) in [5.41, 5.74) is 2.92. The molecule has 2 heterocycles. The summed E-state index contributed by atoms with van der Waals surface area (Å²) in [5.74, 6) is 0. The highest BCUT2D eigenvalue weighted by Gasteiger charge is 2.28. The Labute approximate surface area is 117 Å². The van der Waals surface area contributed by atoms with Gasteiger partial charge in [-0.05, 0) is 36.9 Å². The van der Waals surface area contributed by atoms with Gasteiger partial charge in [-0.15, -0.1) is 0 Å². The van der Waals surface area contributed by atoms with E-state index in [4.69, 9.17) is 0 Å². The molecule has 2 saturated heterocycles. The lowest BCUT2D eigenvalue weighted by atomic mass is 9.99. The first kappa shape index (κ1) is 13.1. The van der Waals surface area contributed by atoms with Crippen LogP contribution in [0.3, 0.4) is 0 Å². The molecule has 0 N–H and O–H groups in total. The van der Waals surface area contributed by atoms with Gasteiger partial charge in [-0.1, -0.05) is 37.6 Å². The van der Waals surface area contributed by atoms with Crippen molar-refractivity contribution < 1.29 is 0 Å². The summed E-state index contributed by atoms with van der Waals surface area (Å²) in [5, 5.41) is 0. The lowest BCUT2D eigenvalue weighted by Crippen LogP contribution is -2.54. The smallest absolute Gasteiger partial charge is 0.0234 e. The molecule has 1 aromatic rings. The van der Waals surface area contributed by atoms with Gasteiger partial charge in [0, 0.05) is 32.2 Å². The van der Waals surface area contributed by atoms with Crippen LogP contribution in [0.4, 0.5) is 0 Å². The highest BCUT2D eigenvalue weighted by Crippen LogP contribution is 2.22. The summed E-state index contributed by atoms with van der Waals surface area (Å²) in [7, 11) is 0. The molecule has 3 rings (SSSR count). The standard InChI is InChI=1S/C17H26N2/c1-2-15-6-8-16(9-7-15)13-18-11-12-19-10-4-3-5-17(19)14-18/h6-9,17H,2-5,10-14H2,1H3. The number of rotatable bonds is 3. The Morgan fingerprint density at radius 2 is 1.79 bits per heavy atom. The highest BCUT2D eigenvalue weighted by atomic mass is 15.3. The van der Waals surface area contributed by atoms with Crippen molar-refractivity contribution in [1.29, 1.82) is 0 Å². The van der Waals surface area contributed by atoms with Crippen LogP contribution < -0.4 is 0 Å². The number of piperidine rings is 1. The van der Waals surface area contributed by atoms with Gasteiger partial charge in [0.05, 0.1) is 0 Å². The molecular weight excluding hydrogens is 232 g/mol. The average Bonchev–Trinajstić information content (AvgIpc) is 2.48. The van der Waals surface area contributed by atoms with Crippen molar-refractivity contribution in [2.75, 3.05) is 26.2 Å². The molecule has 2 heteroatoms. The fourth-order valence-electron chi connectivity index (χ4n) is 3.50. The van der Waals surface area contributed by atoms with Gasteiger partial charge in [-0.3, -0.25) is 9.80 Å². The Balaban J connectivity index is 1.57. The number of aryl methyl sites for hydroxylation is 1. The minimum absolute atomic E-state index is 0.831. The molecule has 2 nitrogen and oxygen atoms in total. The summed E-state index contributed by atoms with van der Waals surface area (Å²) in [4.78, 5) is 5.35. The SMILES string of the molecule is CCc1ccc(CN2CCN3CCCCC3C2)cc1. The van der Waals surface area contributed by atoms with Gasteiger partial charge in [0.2, 0.25) is 0 Å². The predicted molar refractivity (Wildman–Crippen MR) is 80.3 cm³/mol. The van der Waals surface area contributed by atoms with Crippen molar-refractivity contribution in [3.05, 3.63) is 35.4 Å². The minimum atomic E-state index is 0.831. The zero-order valence-electron chi connectivity index (χ0n) is 12.1. The van der Waals surface area contributed by atoms with Gasteiger partial charge in [0.25, 0.3) is 0 Å². The van der Waals surface area contributed by atoms with Gasteiger partial charge in [-0.2, -0.15) is 0 Å². The van der Waals surface area contributed by atoms with E-state index in [1.165, 1.54) is 56.6 Å². The van der Waals surface area contributed by atoms with E-state index < -0.39 is 0 Å². The molecule has 1 atom stereocenters. The topological polar surface area (TPSA) is 6.48 Å². The number of nitrogens with zero attached hydrogens (tertiary/aromatic N) is 2. The van der Waals surface area contributed by atoms with Crippen LogP contribution in [-0.4, -0.2) is 42.0 Å². The van der Waals surface area contributed by atoms with Crippen molar-refractivity contribution in [2.24, 2.45) is 0 Å². The molecule has 0 bridgehead atoms. The molecule has 1 aromatic carbocycles. The molecule has 104 valence electrons. The first-order valence-electron chi connectivity index (χ1n) is 7.89. The van der Waals surface area contributed by atoms with Crippen molar-refractivity contribution in [3.8, 4) is 0 Å². The van der Waals surface area contributed by atoms with Crippen LogP contribution in [0.2, 0.25) is 0 Å². The lowest BCUT2D eigenvalue weighted by Gasteiger charge is -2.44. The maximum atomic E-state index is 2.71. The quantitative estimate of drug-likeness (QED) is 0.822. The molecule has 2 aliphatic heterocycles. The van der Waals surface area contributed by atoms with Crippen molar-refractivity contribution in [3.63, 3.8) is 0 Å². The summed E-state index contributed by atoms with van der Waals surface area (Å²) < 4.78 is 0. The zero-order chi connectivity index (χ0) is 13.1. The van der Waals surface area contributed by atoms with Crippen LogP contribution in [0, 0.1) is 0 Å². The number of benzene rings is 1. The van der Waals surface area contributed by atoms with Crippen LogP contribution in [0.5, 0.6) is 0 Å². The number of hydrogen-bond acceptors (Lipinski definition) is 2. The van der Waals surface area contributed by atoms with Gasteiger partial charge in [0.1, 0.15) is 0 Å². The second-order valence-corrected chi connectivity index (χ2v) is 6.09. The zero-order valence-corrected chi connectivity index (χ0v) is 12.1. The van der Waals surface area contributed by atoms with Gasteiger partial charge in [-0.25, -0.2) is 0 Å². The van der Waals surface area contributed by atoms with E-state index in [0.29, 0.717) is 0 Å². The Bertz CT molecular complexity index is 398. The summed E-state index contributed by atoms with van der Waals surface area (Å²) in [6.45, 7) is 8.48. The third-order valence-corrected chi connectivity index (χ3v) is 4.76. The van der Waals surface area contributed by atoms with E-state index in [0.717, 1.165) is 19.0 Å². The molecule has 0 radical (unpaired) electrons. The lowest BCUT2D eigenvalue weighted by molar-refractivity contribution is 0.0457. The maximum Gasteiger partial charge on any atom is 0.0234 e. The van der Waals surface area contributed by atoms with E-state index in [-0.39, 0.29) is 0 Å². The Morgan fingerprint density at radius 1 is 1.00 bits per heavy atom. The van der Waals surface area contributed by atoms with Crippen LogP contribution >= 0.6 is 0 Å². The molecule has 0 saturated carbocycles. The number of hydrogen-bond donors (Lipinski definition) is 0. The summed E-state index contributed by atoms with van der Waals surface area (Å²) in [6, 6.07) is 10.0. The van der Waals surface area contributed by atoms with Crippen molar-refractivity contribution >= 4 is 0 Å². The number of piperazine rings is 1. The van der Waals surface area contributed by atoms with Gasteiger partial charge >= 0.3 is 0 Å². The Kier molecular flexibility index (Phi) is 4.19. The van der Waals surface area contributed by atoms with Gasteiger partial charge < -0.3 is 0 Å². The van der Waals surface area contributed by atoms with Crippen molar-refractivity contribution in [2.45, 2.75) is 45.2 Å². The molecular formula is C17H26N2. The molecule has 0 aromatic heterocycles. The third-order valence-electron chi connectivity index (χ3n) is 4.76.